The third-order valence-electron chi connectivity index (χ3n) is 4.17. The highest BCUT2D eigenvalue weighted by Gasteiger charge is 2.33. The van der Waals surface area contributed by atoms with E-state index in [9.17, 15) is 18.3 Å². The summed E-state index contributed by atoms with van der Waals surface area (Å²) >= 11 is 0. The van der Waals surface area contributed by atoms with Crippen LogP contribution in [0.3, 0.4) is 0 Å². The van der Waals surface area contributed by atoms with Crippen LogP contribution in [0, 0.1) is 0 Å². The molecule has 2 aromatic rings. The van der Waals surface area contributed by atoms with Crippen molar-refractivity contribution in [2.45, 2.75) is 31.5 Å². The van der Waals surface area contributed by atoms with Gasteiger partial charge in [0.25, 0.3) is 0 Å². The van der Waals surface area contributed by atoms with E-state index in [1.807, 2.05) is 4.90 Å². The number of oxazole rings is 1. The highest BCUT2D eigenvalue weighted by atomic mass is 19.4. The van der Waals surface area contributed by atoms with E-state index >= 15 is 0 Å². The number of anilines is 1. The number of alkyl halides is 3. The van der Waals surface area contributed by atoms with Crippen molar-refractivity contribution in [1.29, 1.82) is 0 Å². The van der Waals surface area contributed by atoms with Crippen LogP contribution in [0.5, 0.6) is 0 Å². The molecule has 0 radical (unpaired) electrons. The standard InChI is InChI=1S/C16H17F3N2O2/c1-15(22)2-4-21(5-3-15)13-7-11(14-9-20-10-23-14)6-12(8-13)16(17,18)19/h6-10,22H,2-5H2,1H3. The lowest BCUT2D eigenvalue weighted by molar-refractivity contribution is -0.137. The minimum atomic E-state index is -4.44. The Bertz CT molecular complexity index is 671. The second-order valence-corrected chi connectivity index (χ2v) is 6.12. The zero-order chi connectivity index (χ0) is 16.7. The number of piperidine rings is 1. The monoisotopic (exact) mass is 326 g/mol. The molecule has 2 heterocycles. The number of halogens is 3. The Morgan fingerprint density at radius 1 is 1.22 bits per heavy atom. The molecule has 23 heavy (non-hydrogen) atoms. The quantitative estimate of drug-likeness (QED) is 0.914. The molecule has 0 saturated carbocycles. The molecule has 1 aromatic carbocycles. The molecule has 1 aliphatic heterocycles. The number of aliphatic hydroxyl groups is 1. The van der Waals surface area contributed by atoms with Gasteiger partial charge in [-0.3, -0.25) is 0 Å². The van der Waals surface area contributed by atoms with E-state index in [1.165, 1.54) is 12.6 Å². The molecule has 0 bridgehead atoms. The van der Waals surface area contributed by atoms with Crippen LogP contribution in [0.4, 0.5) is 18.9 Å². The maximum Gasteiger partial charge on any atom is 0.416 e. The largest absolute Gasteiger partial charge is 0.444 e. The molecule has 1 fully saturated rings. The van der Waals surface area contributed by atoms with Crippen molar-refractivity contribution >= 4 is 5.69 Å². The third kappa shape index (κ3) is 3.50. The van der Waals surface area contributed by atoms with Gasteiger partial charge in [-0.05, 0) is 38.0 Å². The molecular formula is C16H17F3N2O2. The highest BCUT2D eigenvalue weighted by molar-refractivity contribution is 5.66. The molecule has 0 aliphatic carbocycles. The predicted molar refractivity (Wildman–Crippen MR) is 79.0 cm³/mol. The van der Waals surface area contributed by atoms with E-state index in [1.54, 1.807) is 13.0 Å². The Morgan fingerprint density at radius 3 is 2.48 bits per heavy atom. The van der Waals surface area contributed by atoms with E-state index in [-0.39, 0.29) is 0 Å². The summed E-state index contributed by atoms with van der Waals surface area (Å²) < 4.78 is 44.7. The fourth-order valence-corrected chi connectivity index (χ4v) is 2.70. The van der Waals surface area contributed by atoms with Crippen molar-refractivity contribution in [1.82, 2.24) is 4.98 Å². The van der Waals surface area contributed by atoms with Gasteiger partial charge in [0.15, 0.2) is 12.2 Å². The summed E-state index contributed by atoms with van der Waals surface area (Å²) in [5.74, 6) is 0.293. The first kappa shape index (κ1) is 15.9. The molecule has 7 heteroatoms. The number of hydrogen-bond donors (Lipinski definition) is 1. The van der Waals surface area contributed by atoms with Crippen LogP contribution in [0.2, 0.25) is 0 Å². The molecule has 4 nitrogen and oxygen atoms in total. The summed E-state index contributed by atoms with van der Waals surface area (Å²) in [6, 6.07) is 3.86. The van der Waals surface area contributed by atoms with Crippen molar-refractivity contribution in [2.75, 3.05) is 18.0 Å². The van der Waals surface area contributed by atoms with Gasteiger partial charge in [-0.15, -0.1) is 0 Å². The van der Waals surface area contributed by atoms with Crippen LogP contribution in [0.1, 0.15) is 25.3 Å². The van der Waals surface area contributed by atoms with Gasteiger partial charge in [-0.2, -0.15) is 13.2 Å². The second kappa shape index (κ2) is 5.56. The highest BCUT2D eigenvalue weighted by Crippen LogP contribution is 2.37. The molecule has 1 aromatic heterocycles. The molecule has 0 amide bonds. The van der Waals surface area contributed by atoms with Gasteiger partial charge in [0.1, 0.15) is 0 Å². The van der Waals surface area contributed by atoms with E-state index < -0.39 is 17.3 Å². The predicted octanol–water partition coefficient (Wildman–Crippen LogP) is 3.71. The minimum absolute atomic E-state index is 0.293. The van der Waals surface area contributed by atoms with Crippen LogP contribution in [-0.4, -0.2) is 28.8 Å². The van der Waals surface area contributed by atoms with Gasteiger partial charge in [-0.1, -0.05) is 0 Å². The minimum Gasteiger partial charge on any atom is -0.444 e. The average molecular weight is 326 g/mol. The summed E-state index contributed by atoms with van der Waals surface area (Å²) in [4.78, 5) is 5.61. The second-order valence-electron chi connectivity index (χ2n) is 6.12. The molecule has 124 valence electrons. The average Bonchev–Trinajstić information content (AvgIpc) is 3.00. The number of hydrogen-bond acceptors (Lipinski definition) is 4. The molecule has 1 saturated heterocycles. The lowest BCUT2D eigenvalue weighted by atomic mass is 9.93. The molecular weight excluding hydrogens is 309 g/mol. The molecule has 1 aliphatic rings. The zero-order valence-electron chi connectivity index (χ0n) is 12.6. The Balaban J connectivity index is 1.98. The maximum atomic E-state index is 13.2. The van der Waals surface area contributed by atoms with Crippen molar-refractivity contribution in [3.05, 3.63) is 36.4 Å². The Labute approximate surface area is 131 Å². The van der Waals surface area contributed by atoms with Gasteiger partial charge in [0.05, 0.1) is 17.4 Å². The smallest absolute Gasteiger partial charge is 0.416 e. The summed E-state index contributed by atoms with van der Waals surface area (Å²) in [6.45, 7) is 2.75. The topological polar surface area (TPSA) is 49.5 Å². The lowest BCUT2D eigenvalue weighted by Gasteiger charge is -2.37. The van der Waals surface area contributed by atoms with Crippen LogP contribution in [-0.2, 0) is 6.18 Å². The maximum absolute atomic E-state index is 13.2. The van der Waals surface area contributed by atoms with Crippen molar-refractivity contribution in [2.24, 2.45) is 0 Å². The summed E-state index contributed by atoms with van der Waals surface area (Å²) in [5, 5.41) is 10.00. The van der Waals surface area contributed by atoms with E-state index in [2.05, 4.69) is 4.98 Å². The fourth-order valence-electron chi connectivity index (χ4n) is 2.70. The first-order valence-electron chi connectivity index (χ1n) is 7.33. The number of benzene rings is 1. The first-order chi connectivity index (χ1) is 10.7. The molecule has 3 rings (SSSR count). The van der Waals surface area contributed by atoms with Gasteiger partial charge in [-0.25, -0.2) is 4.98 Å². The van der Waals surface area contributed by atoms with Crippen molar-refractivity contribution in [3.8, 4) is 11.3 Å². The lowest BCUT2D eigenvalue weighted by Crippen LogP contribution is -2.42. The van der Waals surface area contributed by atoms with Gasteiger partial charge in [0.2, 0.25) is 0 Å². The summed E-state index contributed by atoms with van der Waals surface area (Å²) in [7, 11) is 0. The van der Waals surface area contributed by atoms with Crippen LogP contribution < -0.4 is 4.90 Å². The van der Waals surface area contributed by atoms with Crippen molar-refractivity contribution < 1.29 is 22.7 Å². The fraction of sp³-hybridized carbons (Fsp3) is 0.438. The molecule has 0 atom stereocenters. The van der Waals surface area contributed by atoms with Gasteiger partial charge < -0.3 is 14.4 Å². The van der Waals surface area contributed by atoms with E-state index in [0.29, 0.717) is 42.9 Å². The van der Waals surface area contributed by atoms with E-state index in [4.69, 9.17) is 4.42 Å². The van der Waals surface area contributed by atoms with Gasteiger partial charge >= 0.3 is 6.18 Å². The molecule has 1 N–H and O–H groups in total. The third-order valence-corrected chi connectivity index (χ3v) is 4.17. The van der Waals surface area contributed by atoms with Crippen LogP contribution in [0.15, 0.2) is 35.2 Å². The summed E-state index contributed by atoms with van der Waals surface area (Å²) in [5.41, 5.74) is -0.670. The van der Waals surface area contributed by atoms with Crippen LogP contribution >= 0.6 is 0 Å². The normalized spacial score (nSPS) is 18.2. The van der Waals surface area contributed by atoms with Crippen molar-refractivity contribution in [3.63, 3.8) is 0 Å². The SMILES string of the molecule is CC1(O)CCN(c2cc(-c3cnco3)cc(C(F)(F)F)c2)CC1. The van der Waals surface area contributed by atoms with E-state index in [0.717, 1.165) is 12.1 Å². The Kier molecular flexibility index (Phi) is 3.83. The summed E-state index contributed by atoms with van der Waals surface area (Å²) in [6.07, 6.45) is -0.832. The zero-order valence-corrected chi connectivity index (χ0v) is 12.6. The number of nitrogens with zero attached hydrogens (tertiary/aromatic N) is 2. The molecule has 0 unspecified atom stereocenters. The first-order valence-corrected chi connectivity index (χ1v) is 7.33. The number of aromatic nitrogens is 1. The van der Waals surface area contributed by atoms with Gasteiger partial charge in [0, 0.05) is 24.3 Å². The Hall–Kier alpha value is -2.02. The Morgan fingerprint density at radius 2 is 1.91 bits per heavy atom. The number of rotatable bonds is 2. The van der Waals surface area contributed by atoms with Crippen LogP contribution in [0.25, 0.3) is 11.3 Å². The molecule has 0 spiro atoms.